The van der Waals surface area contributed by atoms with Crippen molar-refractivity contribution < 1.29 is 57.2 Å². The largest absolute Gasteiger partial charge is 0.459 e. The third-order valence-corrected chi connectivity index (χ3v) is 35.3. The van der Waals surface area contributed by atoms with E-state index in [0.717, 1.165) is 83.0 Å². The van der Waals surface area contributed by atoms with Gasteiger partial charge in [-0.05, 0) is 282 Å². The summed E-state index contributed by atoms with van der Waals surface area (Å²) >= 11 is 0. The summed E-state index contributed by atoms with van der Waals surface area (Å²) in [5, 5.41) is 0. The van der Waals surface area contributed by atoms with Gasteiger partial charge < -0.3 is 28.4 Å². The summed E-state index contributed by atoms with van der Waals surface area (Å²) in [5.74, 6) is 4.35. The van der Waals surface area contributed by atoms with Crippen LogP contribution in [-0.2, 0) is 57.2 Å². The number of ether oxygens (including phenoxy) is 6. The highest BCUT2D eigenvalue weighted by Crippen LogP contribution is 2.74. The minimum Gasteiger partial charge on any atom is -0.459 e. The SMILES string of the molecule is C.C.C.C.C.C.C.C.C.C.C.C.CCC(C)(C)C(=O)OC1(C)C2(C)CCC(C2)C1(C)C.CCC(C)(C)C(=O)OC1(C)CC2CCC1(C)C2(C)C.CCC(C)C(=O)OC1(C)C2(C)CCC(C2)C1(C)C.CCC(C)C(=O)OC1(C)CC2CCC1(C)C2(C)C.CCC(C)C(=O)OC1(C)CCCCCC1.CCC(C)C(=O)OC1(CC)CC2CCC1C2. The van der Waals surface area contributed by atoms with Gasteiger partial charge in [-0.2, -0.15) is 0 Å². The first-order valence-corrected chi connectivity index (χ1v) is 43.4. The van der Waals surface area contributed by atoms with Gasteiger partial charge in [0, 0.05) is 32.5 Å². The smallest absolute Gasteiger partial charge is 0.312 e. The second-order valence-electron chi connectivity index (χ2n) is 42.5. The van der Waals surface area contributed by atoms with Crippen LogP contribution in [0.1, 0.15) is 497 Å². The maximum atomic E-state index is 12.5. The van der Waals surface area contributed by atoms with Crippen molar-refractivity contribution in [1.82, 2.24) is 0 Å². The predicted molar refractivity (Wildman–Crippen MR) is 508 cm³/mol. The van der Waals surface area contributed by atoms with Gasteiger partial charge in [0.05, 0.1) is 34.5 Å². The molecule has 0 aromatic heterocycles. The van der Waals surface area contributed by atoms with Crippen LogP contribution in [0.2, 0.25) is 0 Å². The zero-order chi connectivity index (χ0) is 80.0. The zero-order valence-electron chi connectivity index (χ0n) is 74.2. The van der Waals surface area contributed by atoms with Crippen LogP contribution in [0.15, 0.2) is 0 Å². The third-order valence-electron chi connectivity index (χ3n) is 35.3. The molecule has 11 aliphatic carbocycles. The third kappa shape index (κ3) is 23.5. The molecular formula is C105H212O12. The lowest BCUT2D eigenvalue weighted by Crippen LogP contribution is -2.55. The molecular weight excluding hydrogens is 1450 g/mol. The van der Waals surface area contributed by atoms with Gasteiger partial charge in [0.1, 0.15) is 33.6 Å². The van der Waals surface area contributed by atoms with Crippen molar-refractivity contribution >= 4 is 35.8 Å². The molecule has 0 amide bonds. The Labute approximate surface area is 732 Å². The highest BCUT2D eigenvalue weighted by atomic mass is 16.6. The molecule has 10 bridgehead atoms. The number of fused-ring (bicyclic) bond motifs is 10. The van der Waals surface area contributed by atoms with E-state index in [1.54, 1.807) is 0 Å². The summed E-state index contributed by atoms with van der Waals surface area (Å²) in [6.07, 6.45) is 32.6. The highest BCUT2D eigenvalue weighted by Gasteiger charge is 2.73. The van der Waals surface area contributed by atoms with E-state index in [1.165, 1.54) is 109 Å². The molecule has 0 aromatic rings. The van der Waals surface area contributed by atoms with E-state index in [-0.39, 0.29) is 236 Å². The van der Waals surface area contributed by atoms with Crippen molar-refractivity contribution in [2.24, 2.45) is 113 Å². The molecule has 0 aliphatic heterocycles. The normalized spacial score (nSPS) is 34.6. The molecule has 11 aliphatic rings. The van der Waals surface area contributed by atoms with Gasteiger partial charge in [-0.1, -0.05) is 261 Å². The molecule has 12 heteroatoms. The summed E-state index contributed by atoms with van der Waals surface area (Å²) in [6.45, 7) is 68.8. The summed E-state index contributed by atoms with van der Waals surface area (Å²) in [4.78, 5) is 73.1. The lowest BCUT2D eigenvalue weighted by atomic mass is 9.61. The van der Waals surface area contributed by atoms with Crippen LogP contribution in [0.25, 0.3) is 0 Å². The number of hydrogen-bond donors (Lipinski definition) is 0. The maximum Gasteiger partial charge on any atom is 0.312 e. The molecule has 19 unspecified atom stereocenters. The Morgan fingerprint density at radius 1 is 0.325 bits per heavy atom. The number of hydrogen-bond acceptors (Lipinski definition) is 12. The van der Waals surface area contributed by atoms with Gasteiger partial charge in [0.15, 0.2) is 0 Å². The highest BCUT2D eigenvalue weighted by molar-refractivity contribution is 5.77. The standard InChI is InChI=1S/2C17H30O2.2C16H28O2.C14H24O2.C13H24O2.12CH4/c1-8-14(2,3)13(18)19-17(7)11-12-9-10-16(17,6)15(12,4)5;1-8-14(2,3)13(18)19-17(7)15(4,5)12-9-10-16(17,6)11-12;1-7-11(2)13(17)18-16(6)10-12-8-9-15(16,5)14(12,3)4;1-7-11(2)13(17)18-16(6)14(3,4)12-8-9-15(16,5)10-12;1-4-10(3)13(15)16-14(5-2)9-11-6-7-12(14)8-11;1-4-11(2)12(14)15-13(3)9-7-5-6-8-10-13;;;;;;;;;;;;/h2*12H,8-11H2,1-7H3;2*11-12H,7-10H2,1-6H3;10-12H,4-9H2,1-3H3;11H,4-10H2,1-3H3;12*1H4. The van der Waals surface area contributed by atoms with Crippen molar-refractivity contribution in [2.75, 3.05) is 0 Å². The van der Waals surface area contributed by atoms with Crippen molar-refractivity contribution in [1.29, 1.82) is 0 Å². The number of carbonyl (C=O) groups excluding carboxylic acids is 6. The monoisotopic (exact) mass is 1670 g/mol. The van der Waals surface area contributed by atoms with E-state index in [4.69, 9.17) is 28.4 Å². The zero-order valence-corrected chi connectivity index (χ0v) is 74.2. The van der Waals surface area contributed by atoms with E-state index in [9.17, 15) is 28.8 Å². The van der Waals surface area contributed by atoms with Crippen LogP contribution in [0, 0.1) is 113 Å². The molecule has 0 radical (unpaired) electrons. The Hall–Kier alpha value is -3.18. The average Bonchev–Trinajstić information content (AvgIpc) is 1.56. The number of carbonyl (C=O) groups is 6. The molecule has 0 saturated heterocycles. The average molecular weight is 1670 g/mol. The maximum absolute atomic E-state index is 12.5. The Morgan fingerprint density at radius 2 is 0.632 bits per heavy atom. The number of rotatable bonds is 19. The van der Waals surface area contributed by atoms with Gasteiger partial charge in [-0.15, -0.1) is 0 Å². The molecule has 11 saturated carbocycles. The van der Waals surface area contributed by atoms with Crippen LogP contribution in [0.3, 0.4) is 0 Å². The lowest BCUT2D eigenvalue weighted by molar-refractivity contribution is -0.202. The topological polar surface area (TPSA) is 158 Å². The lowest BCUT2D eigenvalue weighted by Gasteiger charge is -2.51. The van der Waals surface area contributed by atoms with Gasteiger partial charge in [0.25, 0.3) is 0 Å². The fourth-order valence-corrected chi connectivity index (χ4v) is 22.4. The predicted octanol–water partition coefficient (Wildman–Crippen LogP) is 32.4. The molecule has 19 atom stereocenters. The molecule has 0 N–H and O–H groups in total. The fourth-order valence-electron chi connectivity index (χ4n) is 22.4. The Bertz CT molecular complexity index is 2990. The van der Waals surface area contributed by atoms with Crippen LogP contribution in [-0.4, -0.2) is 69.4 Å². The van der Waals surface area contributed by atoms with E-state index >= 15 is 0 Å². The van der Waals surface area contributed by atoms with E-state index < -0.39 is 0 Å². The van der Waals surface area contributed by atoms with Crippen LogP contribution in [0.4, 0.5) is 0 Å². The molecule has 0 heterocycles. The van der Waals surface area contributed by atoms with Gasteiger partial charge in [0.2, 0.25) is 0 Å². The van der Waals surface area contributed by atoms with Crippen molar-refractivity contribution in [3.63, 3.8) is 0 Å². The minimum atomic E-state index is -0.378. The van der Waals surface area contributed by atoms with Crippen molar-refractivity contribution in [3.05, 3.63) is 0 Å². The van der Waals surface area contributed by atoms with E-state index in [2.05, 4.69) is 138 Å². The first-order chi connectivity index (χ1) is 48.0. The summed E-state index contributed by atoms with van der Waals surface area (Å²) in [6, 6.07) is 0. The van der Waals surface area contributed by atoms with Crippen LogP contribution >= 0.6 is 0 Å². The summed E-state index contributed by atoms with van der Waals surface area (Å²) < 4.78 is 35.9. The van der Waals surface area contributed by atoms with Crippen LogP contribution in [0.5, 0.6) is 0 Å². The van der Waals surface area contributed by atoms with Crippen molar-refractivity contribution in [3.8, 4) is 0 Å². The van der Waals surface area contributed by atoms with E-state index in [0.29, 0.717) is 29.6 Å². The molecule has 704 valence electrons. The molecule has 11 rings (SSSR count). The molecule has 0 spiro atoms. The first-order valence-electron chi connectivity index (χ1n) is 43.4. The molecule has 117 heavy (non-hydrogen) atoms. The first kappa shape index (κ1) is 127. The number of esters is 6. The Morgan fingerprint density at radius 3 is 0.915 bits per heavy atom. The molecule has 12 nitrogen and oxygen atoms in total. The Kier molecular flexibility index (Phi) is 49.5. The van der Waals surface area contributed by atoms with Gasteiger partial charge in [-0.25, -0.2) is 0 Å². The molecule has 11 fully saturated rings. The second-order valence-corrected chi connectivity index (χ2v) is 42.5. The minimum absolute atomic E-state index is 0. The van der Waals surface area contributed by atoms with Gasteiger partial charge in [-0.3, -0.25) is 28.8 Å². The summed E-state index contributed by atoms with van der Waals surface area (Å²) in [5.41, 5.74) is -0.886. The summed E-state index contributed by atoms with van der Waals surface area (Å²) in [7, 11) is 0. The van der Waals surface area contributed by atoms with Gasteiger partial charge >= 0.3 is 35.8 Å². The van der Waals surface area contributed by atoms with Crippen LogP contribution < -0.4 is 0 Å². The second kappa shape index (κ2) is 45.6. The quantitative estimate of drug-likeness (QED) is 0.0686. The Balaban J connectivity index is -0.000000244. The fraction of sp³-hybridized carbons (Fsp3) is 0.943. The molecule has 0 aromatic carbocycles. The van der Waals surface area contributed by atoms with Crippen molar-refractivity contribution in [2.45, 2.75) is 530 Å². The van der Waals surface area contributed by atoms with E-state index in [1.807, 2.05) is 83.1 Å².